The van der Waals surface area contributed by atoms with Crippen LogP contribution in [0.5, 0.6) is 0 Å². The lowest BCUT2D eigenvalue weighted by molar-refractivity contribution is -0.142. The Bertz CT molecular complexity index is 1760. The Morgan fingerprint density at radius 1 is 1.13 bits per heavy atom. The van der Waals surface area contributed by atoms with Crippen LogP contribution in [0.25, 0.3) is 38.9 Å². The first-order valence-electron chi connectivity index (χ1n) is 13.0. The van der Waals surface area contributed by atoms with Crippen molar-refractivity contribution in [2.45, 2.75) is 59.6 Å². The predicted molar refractivity (Wildman–Crippen MR) is 155 cm³/mol. The van der Waals surface area contributed by atoms with Gasteiger partial charge in [-0.2, -0.15) is 0 Å². The van der Waals surface area contributed by atoms with Crippen molar-refractivity contribution in [3.8, 4) is 22.4 Å². The number of hydrogen-bond donors (Lipinski definition) is 2. The van der Waals surface area contributed by atoms with E-state index in [1.54, 1.807) is 12.4 Å². The number of aromatic amines is 1. The molecule has 5 rings (SSSR count). The molecule has 200 valence electrons. The molecule has 0 radical (unpaired) electrons. The Morgan fingerprint density at radius 3 is 2.62 bits per heavy atom. The van der Waals surface area contributed by atoms with Crippen molar-refractivity contribution in [3.05, 3.63) is 82.5 Å². The second kappa shape index (κ2) is 10.0. The van der Waals surface area contributed by atoms with Crippen LogP contribution in [0.4, 0.5) is 5.82 Å². The third-order valence-electron chi connectivity index (χ3n) is 6.60. The van der Waals surface area contributed by atoms with Gasteiger partial charge in [0.15, 0.2) is 16.9 Å². The summed E-state index contributed by atoms with van der Waals surface area (Å²) in [5, 5.41) is 4.05. The Kier molecular flexibility index (Phi) is 6.72. The number of aromatic nitrogens is 4. The Hall–Kier alpha value is -4.46. The third-order valence-corrected chi connectivity index (χ3v) is 6.60. The molecule has 2 N–H and O–H groups in total. The van der Waals surface area contributed by atoms with Crippen LogP contribution < -0.4 is 10.7 Å². The zero-order valence-electron chi connectivity index (χ0n) is 23.1. The number of ether oxygens (including phenoxy) is 1. The third kappa shape index (κ3) is 5.27. The predicted octanol–water partition coefficient (Wildman–Crippen LogP) is 6.30. The van der Waals surface area contributed by atoms with E-state index in [0.29, 0.717) is 45.2 Å². The number of anilines is 1. The molecular formula is C31H33N5O3. The number of benzene rings is 2. The lowest BCUT2D eigenvalue weighted by Gasteiger charge is -2.22. The normalized spacial score (nSPS) is 11.9. The molecule has 3 aromatic heterocycles. The van der Waals surface area contributed by atoms with Gasteiger partial charge in [-0.3, -0.25) is 9.59 Å². The van der Waals surface area contributed by atoms with E-state index < -0.39 is 5.97 Å². The molecule has 3 heterocycles. The topological polar surface area (TPSA) is 101 Å². The van der Waals surface area contributed by atoms with Gasteiger partial charge in [-0.05, 0) is 49.9 Å². The number of pyridine rings is 1. The maximum absolute atomic E-state index is 13.7. The zero-order chi connectivity index (χ0) is 27.9. The number of nitrogens with one attached hydrogen (secondary N) is 2. The van der Waals surface area contributed by atoms with Gasteiger partial charge in [0.25, 0.3) is 0 Å². The van der Waals surface area contributed by atoms with E-state index in [-0.39, 0.29) is 17.6 Å². The highest BCUT2D eigenvalue weighted by atomic mass is 16.5. The summed E-state index contributed by atoms with van der Waals surface area (Å²) in [5.41, 5.74) is 5.63. The monoisotopic (exact) mass is 523 g/mol. The van der Waals surface area contributed by atoms with E-state index in [2.05, 4.69) is 49.9 Å². The minimum absolute atomic E-state index is 0.00369. The van der Waals surface area contributed by atoms with Gasteiger partial charge in [0.2, 0.25) is 0 Å². The van der Waals surface area contributed by atoms with E-state index in [9.17, 15) is 9.59 Å². The van der Waals surface area contributed by atoms with Crippen molar-refractivity contribution < 1.29 is 9.53 Å². The molecule has 0 aliphatic carbocycles. The molecule has 0 spiro atoms. The van der Waals surface area contributed by atoms with E-state index in [1.165, 1.54) is 6.92 Å². The highest BCUT2D eigenvalue weighted by Gasteiger charge is 2.20. The number of nitrogens with zero attached hydrogens (tertiary/aromatic N) is 3. The van der Waals surface area contributed by atoms with Crippen LogP contribution in [0, 0.1) is 0 Å². The van der Waals surface area contributed by atoms with Crippen LogP contribution in [0.3, 0.4) is 0 Å². The van der Waals surface area contributed by atoms with Crippen molar-refractivity contribution in [1.82, 2.24) is 19.4 Å². The molecule has 0 unspecified atom stereocenters. The van der Waals surface area contributed by atoms with Crippen molar-refractivity contribution in [2.75, 3.05) is 5.32 Å². The van der Waals surface area contributed by atoms with Gasteiger partial charge >= 0.3 is 5.97 Å². The molecule has 0 aliphatic rings. The number of esters is 1. The fraction of sp³-hybridized carbons (Fsp3) is 0.290. The number of imidazole rings is 1. The van der Waals surface area contributed by atoms with Crippen molar-refractivity contribution in [3.63, 3.8) is 0 Å². The van der Waals surface area contributed by atoms with Crippen molar-refractivity contribution in [1.29, 1.82) is 0 Å². The van der Waals surface area contributed by atoms with Gasteiger partial charge in [-0.15, -0.1) is 0 Å². The summed E-state index contributed by atoms with van der Waals surface area (Å²) >= 11 is 0. The first-order valence-corrected chi connectivity index (χ1v) is 13.0. The SMILES string of the molecule is CC(=O)OCc1c(-c2cn3ccnc3c(NC(C)(C)C)n2)cccc1-c1c[nH]c2cc(C(C)C)ccc2c1=O. The summed E-state index contributed by atoms with van der Waals surface area (Å²) in [7, 11) is 0. The molecule has 0 saturated heterocycles. The molecule has 39 heavy (non-hydrogen) atoms. The first-order chi connectivity index (χ1) is 18.5. The number of fused-ring (bicyclic) bond motifs is 2. The van der Waals surface area contributed by atoms with Gasteiger partial charge in [0, 0.05) is 64.8 Å². The number of carbonyl (C=O) groups is 1. The molecule has 5 aromatic rings. The van der Waals surface area contributed by atoms with Crippen LogP contribution in [0.1, 0.15) is 58.6 Å². The number of rotatable bonds is 6. The average Bonchev–Trinajstić information content (AvgIpc) is 3.35. The zero-order valence-corrected chi connectivity index (χ0v) is 23.1. The van der Waals surface area contributed by atoms with Gasteiger partial charge < -0.3 is 19.4 Å². The van der Waals surface area contributed by atoms with E-state index in [1.807, 2.05) is 53.2 Å². The van der Waals surface area contributed by atoms with E-state index in [4.69, 9.17) is 9.72 Å². The lowest BCUT2D eigenvalue weighted by Crippen LogP contribution is -2.27. The van der Waals surface area contributed by atoms with Crippen LogP contribution in [-0.4, -0.2) is 30.9 Å². The second-order valence-electron chi connectivity index (χ2n) is 11.1. The summed E-state index contributed by atoms with van der Waals surface area (Å²) < 4.78 is 7.40. The molecule has 8 heteroatoms. The summed E-state index contributed by atoms with van der Waals surface area (Å²) in [6.45, 7) is 11.8. The second-order valence-corrected chi connectivity index (χ2v) is 11.1. The van der Waals surface area contributed by atoms with Crippen LogP contribution in [0.2, 0.25) is 0 Å². The van der Waals surface area contributed by atoms with Gasteiger partial charge in [-0.25, -0.2) is 9.97 Å². The van der Waals surface area contributed by atoms with Gasteiger partial charge in [-0.1, -0.05) is 38.1 Å². The average molecular weight is 524 g/mol. The Labute approximate surface area is 227 Å². The van der Waals surface area contributed by atoms with Crippen LogP contribution in [0.15, 0.2) is 66.0 Å². The maximum Gasteiger partial charge on any atom is 0.302 e. The summed E-state index contributed by atoms with van der Waals surface area (Å²) in [4.78, 5) is 38.3. The molecule has 0 saturated carbocycles. The molecule has 0 amide bonds. The minimum Gasteiger partial charge on any atom is -0.461 e. The lowest BCUT2D eigenvalue weighted by atomic mass is 9.93. The molecule has 2 aromatic carbocycles. The smallest absolute Gasteiger partial charge is 0.302 e. The molecule has 0 fully saturated rings. The highest BCUT2D eigenvalue weighted by molar-refractivity contribution is 5.86. The molecular weight excluding hydrogens is 490 g/mol. The fourth-order valence-electron chi connectivity index (χ4n) is 4.71. The van der Waals surface area contributed by atoms with Gasteiger partial charge in [0.1, 0.15) is 6.61 Å². The minimum atomic E-state index is -0.405. The standard InChI is InChI=1S/C31H33N5O3/c1-18(2)20-10-11-23-26(14-20)33-15-24(28(23)38)21-8-7-9-22(25(21)17-39-19(3)37)27-16-36-13-12-32-30(36)29(34-27)35-31(4,5)6/h7-16,18H,17H2,1-6H3,(H,33,38)(H,34,35). The van der Waals surface area contributed by atoms with Crippen molar-refractivity contribution in [2.24, 2.45) is 0 Å². The molecule has 8 nitrogen and oxygen atoms in total. The Morgan fingerprint density at radius 2 is 1.90 bits per heavy atom. The summed E-state index contributed by atoms with van der Waals surface area (Å²) in [6.07, 6.45) is 7.22. The highest BCUT2D eigenvalue weighted by Crippen LogP contribution is 2.33. The Balaban J connectivity index is 1.72. The summed E-state index contributed by atoms with van der Waals surface area (Å²) in [5.74, 6) is 0.582. The first kappa shape index (κ1) is 26.2. The molecule has 0 atom stereocenters. The molecule has 0 bridgehead atoms. The van der Waals surface area contributed by atoms with Crippen molar-refractivity contribution >= 4 is 28.3 Å². The van der Waals surface area contributed by atoms with E-state index in [0.717, 1.165) is 16.6 Å². The maximum atomic E-state index is 13.7. The van der Waals surface area contributed by atoms with Gasteiger partial charge in [0.05, 0.1) is 5.69 Å². The van der Waals surface area contributed by atoms with Crippen LogP contribution >= 0.6 is 0 Å². The van der Waals surface area contributed by atoms with Crippen LogP contribution in [-0.2, 0) is 16.1 Å². The van der Waals surface area contributed by atoms with E-state index >= 15 is 0 Å². The molecule has 0 aliphatic heterocycles. The quantitative estimate of drug-likeness (QED) is 0.253. The summed E-state index contributed by atoms with van der Waals surface area (Å²) in [6, 6.07) is 11.6. The fourth-order valence-corrected chi connectivity index (χ4v) is 4.71. The number of hydrogen-bond acceptors (Lipinski definition) is 6. The largest absolute Gasteiger partial charge is 0.461 e. The number of carbonyl (C=O) groups excluding carboxylic acids is 1. The number of H-pyrrole nitrogens is 1.